The molecule has 0 radical (unpaired) electrons. The van der Waals surface area contributed by atoms with Crippen molar-refractivity contribution in [2.45, 2.75) is 51.5 Å². The second-order valence-corrected chi connectivity index (χ2v) is 8.47. The molecule has 1 saturated heterocycles. The first-order chi connectivity index (χ1) is 16.1. The van der Waals surface area contributed by atoms with Gasteiger partial charge in [0.1, 0.15) is 18.0 Å². The van der Waals surface area contributed by atoms with E-state index in [2.05, 4.69) is 10.1 Å². The maximum Gasteiger partial charge on any atom is 0.330 e. The number of benzene rings is 1. The summed E-state index contributed by atoms with van der Waals surface area (Å²) in [7, 11) is -0.298. The summed E-state index contributed by atoms with van der Waals surface area (Å²) < 4.78 is 30.9. The van der Waals surface area contributed by atoms with E-state index >= 15 is 0 Å². The highest BCUT2D eigenvalue weighted by atomic mass is 31.1. The molecule has 0 aliphatic carbocycles. The summed E-state index contributed by atoms with van der Waals surface area (Å²) in [6.07, 6.45) is -4.82. The number of H-pyrrole nitrogens is 1. The lowest BCUT2D eigenvalue weighted by molar-refractivity contribution is -0.145. The van der Waals surface area contributed by atoms with E-state index in [9.17, 15) is 23.9 Å². The number of phenolic OH excluding ortho intramolecular Hbond substituents is 1. The number of aliphatic hydroxyl groups excluding tert-OH is 1. The van der Waals surface area contributed by atoms with Crippen LogP contribution in [0.15, 0.2) is 46.1 Å². The van der Waals surface area contributed by atoms with Gasteiger partial charge in [-0.25, -0.2) is 9.18 Å². The van der Waals surface area contributed by atoms with Crippen molar-refractivity contribution in [2.75, 3.05) is 13.2 Å². The van der Waals surface area contributed by atoms with Crippen LogP contribution in [0.3, 0.4) is 0 Å². The van der Waals surface area contributed by atoms with E-state index in [0.717, 1.165) is 4.57 Å². The van der Waals surface area contributed by atoms with Crippen molar-refractivity contribution < 1.29 is 33.4 Å². The lowest BCUT2D eigenvalue weighted by atomic mass is 10.1. The van der Waals surface area contributed by atoms with E-state index in [0.29, 0.717) is 5.75 Å². The van der Waals surface area contributed by atoms with Gasteiger partial charge in [0.15, 0.2) is 12.4 Å². The van der Waals surface area contributed by atoms with Gasteiger partial charge in [0.2, 0.25) is 0 Å². The predicted molar refractivity (Wildman–Crippen MR) is 122 cm³/mol. The number of rotatable bonds is 8. The Morgan fingerprint density at radius 1 is 1.32 bits per heavy atom. The van der Waals surface area contributed by atoms with Crippen LogP contribution in [-0.2, 0) is 18.8 Å². The quantitative estimate of drug-likeness (QED) is 0.235. The Morgan fingerprint density at radius 2 is 2.00 bits per heavy atom. The predicted octanol–water partition coefficient (Wildman–Crippen LogP) is 0.900. The number of esters is 1. The number of halogens is 1. The zero-order chi connectivity index (χ0) is 25.3. The first kappa shape index (κ1) is 27.6. The number of para-hydroxylation sites is 1. The number of aromatic nitrogens is 2. The van der Waals surface area contributed by atoms with Crippen molar-refractivity contribution in [3.8, 4) is 5.75 Å². The van der Waals surface area contributed by atoms with E-state index < -0.39 is 41.8 Å². The molecule has 1 aliphatic heterocycles. The van der Waals surface area contributed by atoms with Crippen LogP contribution < -0.4 is 16.3 Å². The first-order valence-electron chi connectivity index (χ1n) is 10.4. The fourth-order valence-electron chi connectivity index (χ4n) is 2.86. The molecule has 5 atom stereocenters. The SMILES string of the molecule is Cc1cn([C@H]2OC(COPNCC(=O)OC(C)C)[C@@H](O)C2F)c(=O)[nH]c1=O.Oc1ccccc1. The molecule has 2 heterocycles. The molecular weight excluding hydrogens is 472 g/mol. The van der Waals surface area contributed by atoms with Gasteiger partial charge in [-0.1, -0.05) is 18.2 Å². The van der Waals surface area contributed by atoms with Crippen LogP contribution in [0.1, 0.15) is 25.6 Å². The van der Waals surface area contributed by atoms with Gasteiger partial charge in [0.25, 0.3) is 5.56 Å². The number of hydrogen-bond acceptors (Lipinski definition) is 9. The molecule has 3 unspecified atom stereocenters. The molecule has 2 aromatic rings. The Morgan fingerprint density at radius 3 is 2.59 bits per heavy atom. The Balaban J connectivity index is 0.000000497. The van der Waals surface area contributed by atoms with Crippen LogP contribution in [0.25, 0.3) is 0 Å². The van der Waals surface area contributed by atoms with Crippen LogP contribution in [0.4, 0.5) is 4.39 Å². The third-order valence-electron chi connectivity index (χ3n) is 4.46. The topological polar surface area (TPSA) is 152 Å². The fourth-order valence-corrected chi connectivity index (χ4v) is 3.42. The maximum atomic E-state index is 14.4. The van der Waals surface area contributed by atoms with Crippen LogP contribution >= 0.6 is 8.96 Å². The maximum absolute atomic E-state index is 14.4. The lowest BCUT2D eigenvalue weighted by Gasteiger charge is -2.16. The third kappa shape index (κ3) is 8.30. The van der Waals surface area contributed by atoms with Crippen LogP contribution in [-0.4, -0.2) is 63.4 Å². The average molecular weight is 501 g/mol. The van der Waals surface area contributed by atoms with E-state index in [4.69, 9.17) is 19.1 Å². The van der Waals surface area contributed by atoms with Gasteiger partial charge in [0, 0.05) is 11.8 Å². The van der Waals surface area contributed by atoms with Gasteiger partial charge >= 0.3 is 11.7 Å². The minimum Gasteiger partial charge on any atom is -0.508 e. The summed E-state index contributed by atoms with van der Waals surface area (Å²) in [4.78, 5) is 36.7. The Hall–Kier alpha value is -2.63. The molecule has 1 fully saturated rings. The van der Waals surface area contributed by atoms with Gasteiger partial charge < -0.3 is 24.2 Å². The van der Waals surface area contributed by atoms with Crippen molar-refractivity contribution in [1.82, 2.24) is 14.6 Å². The summed E-state index contributed by atoms with van der Waals surface area (Å²) in [5, 5.41) is 21.3. The number of ether oxygens (including phenoxy) is 2. The van der Waals surface area contributed by atoms with Crippen LogP contribution in [0.5, 0.6) is 5.75 Å². The number of aliphatic hydroxyl groups is 1. The largest absolute Gasteiger partial charge is 0.508 e. The number of nitrogens with zero attached hydrogens (tertiary/aromatic N) is 1. The summed E-state index contributed by atoms with van der Waals surface area (Å²) in [6.45, 7) is 4.72. The molecule has 1 aromatic heterocycles. The highest BCUT2D eigenvalue weighted by Crippen LogP contribution is 2.31. The summed E-state index contributed by atoms with van der Waals surface area (Å²) in [5.74, 6) is -0.113. The van der Waals surface area contributed by atoms with Crippen molar-refractivity contribution in [3.63, 3.8) is 0 Å². The number of aryl methyl sites for hydroxylation is 1. The zero-order valence-electron chi connectivity index (χ0n) is 18.9. The zero-order valence-corrected chi connectivity index (χ0v) is 19.9. The highest BCUT2D eigenvalue weighted by Gasteiger charge is 2.45. The van der Waals surface area contributed by atoms with E-state index in [1.54, 1.807) is 38.1 Å². The number of alkyl halides is 1. The van der Waals surface area contributed by atoms with Gasteiger partial charge in [-0.15, -0.1) is 0 Å². The summed E-state index contributed by atoms with van der Waals surface area (Å²) in [5.41, 5.74) is -1.20. The molecule has 34 heavy (non-hydrogen) atoms. The van der Waals surface area contributed by atoms with Crippen molar-refractivity contribution >= 4 is 14.9 Å². The normalized spacial score (nSPS) is 22.1. The Bertz CT molecular complexity index is 1030. The van der Waals surface area contributed by atoms with E-state index in [-0.39, 0.29) is 33.8 Å². The molecule has 13 heteroatoms. The lowest BCUT2D eigenvalue weighted by Crippen LogP contribution is -2.36. The second kappa shape index (κ2) is 13.3. The van der Waals surface area contributed by atoms with Gasteiger partial charge in [-0.3, -0.25) is 24.2 Å². The second-order valence-electron chi connectivity index (χ2n) is 7.62. The van der Waals surface area contributed by atoms with Crippen molar-refractivity contribution in [2.24, 2.45) is 0 Å². The number of carbonyl (C=O) groups excluding carboxylic acids is 1. The molecular formula is C21H29FN3O8P. The molecule has 1 aliphatic rings. The average Bonchev–Trinajstić information content (AvgIpc) is 3.05. The number of hydrogen-bond donors (Lipinski definition) is 4. The number of nitrogens with one attached hydrogen (secondary N) is 2. The minimum atomic E-state index is -1.88. The Kier molecular flexibility index (Phi) is 10.8. The van der Waals surface area contributed by atoms with Gasteiger partial charge in [0.05, 0.1) is 28.2 Å². The molecule has 3 rings (SSSR count). The molecule has 0 amide bonds. The van der Waals surface area contributed by atoms with E-state index in [1.165, 1.54) is 13.1 Å². The van der Waals surface area contributed by atoms with E-state index in [1.807, 2.05) is 6.07 Å². The molecule has 188 valence electrons. The summed E-state index contributed by atoms with van der Waals surface area (Å²) >= 11 is 0. The van der Waals surface area contributed by atoms with Crippen molar-refractivity contribution in [1.29, 1.82) is 0 Å². The first-order valence-corrected chi connectivity index (χ1v) is 11.3. The fraction of sp³-hybridized carbons (Fsp3) is 0.476. The number of aromatic hydroxyl groups is 1. The number of carbonyl (C=O) groups is 1. The number of phenols is 1. The number of aromatic amines is 1. The van der Waals surface area contributed by atoms with Gasteiger partial charge in [-0.05, 0) is 32.9 Å². The molecule has 0 spiro atoms. The van der Waals surface area contributed by atoms with Crippen LogP contribution in [0, 0.1) is 6.92 Å². The minimum absolute atomic E-state index is 0.0505. The Labute approximate surface area is 196 Å². The molecule has 11 nitrogen and oxygen atoms in total. The molecule has 0 saturated carbocycles. The standard InChI is InChI=1S/C15H23FN3O7P.C6H6O/c1-7(2)25-10(20)4-17-27-24-6-9-12(21)11(16)14(26-9)19-5-8(3)13(22)18-15(19)23;7-6-4-2-1-3-5-6/h5,7,9,11-12,14,17,21,27H,4,6H2,1-3H3,(H,18,22,23);1-5,7H/t9?,11?,12-,14+;/m1./s1. The third-order valence-corrected chi connectivity index (χ3v) is 5.09. The molecule has 1 aromatic carbocycles. The monoisotopic (exact) mass is 501 g/mol. The molecule has 4 N–H and O–H groups in total. The summed E-state index contributed by atoms with van der Waals surface area (Å²) in [6, 6.07) is 8.71. The van der Waals surface area contributed by atoms with Crippen LogP contribution in [0.2, 0.25) is 0 Å². The smallest absolute Gasteiger partial charge is 0.330 e. The van der Waals surface area contributed by atoms with Gasteiger partial charge in [-0.2, -0.15) is 0 Å². The molecule has 0 bridgehead atoms. The van der Waals surface area contributed by atoms with Crippen molar-refractivity contribution in [3.05, 3.63) is 62.9 Å². The highest BCUT2D eigenvalue weighted by molar-refractivity contribution is 7.29.